The van der Waals surface area contributed by atoms with E-state index in [1.165, 1.54) is 0 Å². The summed E-state index contributed by atoms with van der Waals surface area (Å²) in [4.78, 5) is 11.7. The standard InChI is InChI=1S/C13H11F3N2O2/c1-2-20-12(19)10-8-11(13(14,15)16)17-18(10)9-6-4-3-5-7-9/h3-8H,2H2,1H3. The summed E-state index contributed by atoms with van der Waals surface area (Å²) < 4.78 is 43.8. The molecule has 0 aliphatic carbocycles. The lowest BCUT2D eigenvalue weighted by Gasteiger charge is -2.06. The van der Waals surface area contributed by atoms with Crippen molar-refractivity contribution in [1.82, 2.24) is 9.78 Å². The Hall–Kier alpha value is -2.31. The summed E-state index contributed by atoms with van der Waals surface area (Å²) in [5, 5.41) is 3.45. The Balaban J connectivity index is 2.54. The largest absolute Gasteiger partial charge is 0.461 e. The predicted octanol–water partition coefficient (Wildman–Crippen LogP) is 3.07. The molecule has 0 spiro atoms. The second-order valence-electron chi connectivity index (χ2n) is 3.88. The summed E-state index contributed by atoms with van der Waals surface area (Å²) in [6.07, 6.45) is -4.62. The number of carbonyl (C=O) groups excluding carboxylic acids is 1. The molecule has 0 N–H and O–H groups in total. The molecule has 0 fully saturated rings. The number of para-hydroxylation sites is 1. The van der Waals surface area contributed by atoms with Crippen LogP contribution >= 0.6 is 0 Å². The number of halogens is 3. The number of ether oxygens (including phenoxy) is 1. The van der Waals surface area contributed by atoms with Gasteiger partial charge in [-0.25, -0.2) is 9.48 Å². The lowest BCUT2D eigenvalue weighted by Crippen LogP contribution is -2.12. The Labute approximate surface area is 112 Å². The highest BCUT2D eigenvalue weighted by molar-refractivity contribution is 5.88. The van der Waals surface area contributed by atoms with E-state index >= 15 is 0 Å². The fourth-order valence-corrected chi connectivity index (χ4v) is 1.64. The molecular formula is C13H11F3N2O2. The van der Waals surface area contributed by atoms with Gasteiger partial charge in [0.15, 0.2) is 11.4 Å². The van der Waals surface area contributed by atoms with Crippen LogP contribution in [0.15, 0.2) is 36.4 Å². The first-order chi connectivity index (χ1) is 9.43. The van der Waals surface area contributed by atoms with Gasteiger partial charge < -0.3 is 4.74 Å². The number of hydrogen-bond donors (Lipinski definition) is 0. The number of hydrogen-bond acceptors (Lipinski definition) is 3. The lowest BCUT2D eigenvalue weighted by molar-refractivity contribution is -0.141. The van der Waals surface area contributed by atoms with Crippen molar-refractivity contribution >= 4 is 5.97 Å². The van der Waals surface area contributed by atoms with E-state index in [1.54, 1.807) is 37.3 Å². The first-order valence-corrected chi connectivity index (χ1v) is 5.83. The third-order valence-electron chi connectivity index (χ3n) is 2.49. The molecule has 0 aliphatic rings. The molecule has 2 rings (SSSR count). The molecule has 4 nitrogen and oxygen atoms in total. The maximum absolute atomic E-state index is 12.7. The monoisotopic (exact) mass is 284 g/mol. The molecule has 0 amide bonds. The molecular weight excluding hydrogens is 273 g/mol. The van der Waals surface area contributed by atoms with Crippen molar-refractivity contribution in [3.8, 4) is 5.69 Å². The zero-order valence-electron chi connectivity index (χ0n) is 10.5. The van der Waals surface area contributed by atoms with Gasteiger partial charge in [0.05, 0.1) is 12.3 Å². The van der Waals surface area contributed by atoms with E-state index < -0.39 is 17.8 Å². The molecule has 1 heterocycles. The molecule has 1 aromatic heterocycles. The van der Waals surface area contributed by atoms with Crippen molar-refractivity contribution in [2.45, 2.75) is 13.1 Å². The third-order valence-corrected chi connectivity index (χ3v) is 2.49. The fourth-order valence-electron chi connectivity index (χ4n) is 1.64. The lowest BCUT2D eigenvalue weighted by atomic mass is 10.3. The summed E-state index contributed by atoms with van der Waals surface area (Å²) in [6.45, 7) is 1.64. The minimum absolute atomic E-state index is 0.0696. The van der Waals surface area contributed by atoms with Crippen LogP contribution in [0, 0.1) is 0 Å². The molecule has 20 heavy (non-hydrogen) atoms. The van der Waals surface area contributed by atoms with Gasteiger partial charge in [-0.15, -0.1) is 0 Å². The van der Waals surface area contributed by atoms with Gasteiger partial charge in [0.1, 0.15) is 0 Å². The molecule has 7 heteroatoms. The van der Waals surface area contributed by atoms with Crippen LogP contribution in [0.5, 0.6) is 0 Å². The predicted molar refractivity (Wildman–Crippen MR) is 64.5 cm³/mol. The molecule has 0 saturated heterocycles. The van der Waals surface area contributed by atoms with Gasteiger partial charge in [0.25, 0.3) is 0 Å². The Bertz CT molecular complexity index is 606. The van der Waals surface area contributed by atoms with Crippen LogP contribution in [0.1, 0.15) is 23.1 Å². The zero-order chi connectivity index (χ0) is 14.8. The molecule has 0 bridgehead atoms. The minimum atomic E-state index is -4.62. The summed E-state index contributed by atoms with van der Waals surface area (Å²) in [7, 11) is 0. The molecule has 0 radical (unpaired) electrons. The Morgan fingerprint density at radius 3 is 2.50 bits per heavy atom. The van der Waals surface area contributed by atoms with E-state index in [9.17, 15) is 18.0 Å². The number of carbonyl (C=O) groups is 1. The molecule has 0 atom stereocenters. The van der Waals surface area contributed by atoms with Gasteiger partial charge in [-0.3, -0.25) is 0 Å². The second kappa shape index (κ2) is 5.36. The number of aromatic nitrogens is 2. The van der Waals surface area contributed by atoms with Gasteiger partial charge in [0, 0.05) is 6.07 Å². The van der Waals surface area contributed by atoms with Crippen LogP contribution < -0.4 is 0 Å². The Morgan fingerprint density at radius 1 is 1.30 bits per heavy atom. The van der Waals surface area contributed by atoms with Crippen LogP contribution in [0.4, 0.5) is 13.2 Å². The highest BCUT2D eigenvalue weighted by Crippen LogP contribution is 2.29. The smallest absolute Gasteiger partial charge is 0.435 e. The minimum Gasteiger partial charge on any atom is -0.461 e. The van der Waals surface area contributed by atoms with Crippen molar-refractivity contribution in [2.24, 2.45) is 0 Å². The fraction of sp³-hybridized carbons (Fsp3) is 0.231. The number of nitrogens with zero attached hydrogens (tertiary/aromatic N) is 2. The van der Waals surface area contributed by atoms with Crippen molar-refractivity contribution in [1.29, 1.82) is 0 Å². The van der Waals surface area contributed by atoms with Gasteiger partial charge >= 0.3 is 12.1 Å². The van der Waals surface area contributed by atoms with Gasteiger partial charge in [-0.1, -0.05) is 18.2 Å². The SMILES string of the molecule is CCOC(=O)c1cc(C(F)(F)F)nn1-c1ccccc1. The maximum Gasteiger partial charge on any atom is 0.435 e. The average molecular weight is 284 g/mol. The van der Waals surface area contributed by atoms with Crippen LogP contribution in [-0.2, 0) is 10.9 Å². The Kier molecular flexibility index (Phi) is 3.78. The summed E-state index contributed by atoms with van der Waals surface area (Å²) in [5.41, 5.74) is -1.04. The van der Waals surface area contributed by atoms with E-state index in [0.29, 0.717) is 11.8 Å². The van der Waals surface area contributed by atoms with E-state index in [-0.39, 0.29) is 12.3 Å². The average Bonchev–Trinajstić information content (AvgIpc) is 2.85. The van der Waals surface area contributed by atoms with Gasteiger partial charge in [0.2, 0.25) is 0 Å². The van der Waals surface area contributed by atoms with Gasteiger partial charge in [-0.2, -0.15) is 18.3 Å². The summed E-state index contributed by atoms with van der Waals surface area (Å²) in [6, 6.07) is 8.77. The van der Waals surface area contributed by atoms with Crippen molar-refractivity contribution in [3.63, 3.8) is 0 Å². The molecule has 1 aromatic carbocycles. The first kappa shape index (κ1) is 14.1. The van der Waals surface area contributed by atoms with Crippen LogP contribution in [0.2, 0.25) is 0 Å². The number of esters is 1. The van der Waals surface area contributed by atoms with Crippen molar-refractivity contribution in [3.05, 3.63) is 47.8 Å². The normalized spacial score (nSPS) is 11.4. The zero-order valence-corrected chi connectivity index (χ0v) is 10.5. The third kappa shape index (κ3) is 2.81. The Morgan fingerprint density at radius 2 is 1.95 bits per heavy atom. The second-order valence-corrected chi connectivity index (χ2v) is 3.88. The van der Waals surface area contributed by atoms with E-state index in [0.717, 1.165) is 4.68 Å². The van der Waals surface area contributed by atoms with Crippen LogP contribution in [-0.4, -0.2) is 22.4 Å². The number of rotatable bonds is 3. The highest BCUT2D eigenvalue weighted by atomic mass is 19.4. The van der Waals surface area contributed by atoms with Crippen LogP contribution in [0.3, 0.4) is 0 Å². The maximum atomic E-state index is 12.7. The number of benzene rings is 1. The van der Waals surface area contributed by atoms with Crippen molar-refractivity contribution in [2.75, 3.05) is 6.61 Å². The van der Waals surface area contributed by atoms with E-state index in [2.05, 4.69) is 5.10 Å². The highest BCUT2D eigenvalue weighted by Gasteiger charge is 2.36. The van der Waals surface area contributed by atoms with E-state index in [4.69, 9.17) is 4.74 Å². The summed E-state index contributed by atoms with van der Waals surface area (Å²) >= 11 is 0. The molecule has 0 saturated carbocycles. The molecule has 0 unspecified atom stereocenters. The molecule has 0 aliphatic heterocycles. The van der Waals surface area contributed by atoms with E-state index in [1.807, 2.05) is 0 Å². The molecule has 2 aromatic rings. The quantitative estimate of drug-likeness (QED) is 0.814. The summed E-state index contributed by atoms with van der Waals surface area (Å²) in [5.74, 6) is -0.848. The van der Waals surface area contributed by atoms with Crippen LogP contribution in [0.25, 0.3) is 5.69 Å². The van der Waals surface area contributed by atoms with Crippen molar-refractivity contribution < 1.29 is 22.7 Å². The number of alkyl halides is 3. The van der Waals surface area contributed by atoms with Gasteiger partial charge in [-0.05, 0) is 19.1 Å². The molecule has 106 valence electrons. The first-order valence-electron chi connectivity index (χ1n) is 5.83. The topological polar surface area (TPSA) is 44.1 Å².